The average molecular weight is 374 g/mol. The lowest BCUT2D eigenvalue weighted by Crippen LogP contribution is -2.35. The third-order valence-corrected chi connectivity index (χ3v) is 4.78. The van der Waals surface area contributed by atoms with Gasteiger partial charge in [-0.1, -0.05) is 19.0 Å². The van der Waals surface area contributed by atoms with Crippen LogP contribution in [0.1, 0.15) is 73.4 Å². The van der Waals surface area contributed by atoms with Gasteiger partial charge in [0.1, 0.15) is 6.26 Å². The van der Waals surface area contributed by atoms with E-state index in [1.807, 2.05) is 13.8 Å². The molecule has 1 aliphatic rings. The number of hydrogen-bond donors (Lipinski definition) is 1. The minimum absolute atomic E-state index is 0.0611. The molecule has 146 valence electrons. The van der Waals surface area contributed by atoms with E-state index in [0.29, 0.717) is 36.9 Å². The molecule has 1 saturated heterocycles. The van der Waals surface area contributed by atoms with Crippen LogP contribution in [0.3, 0.4) is 0 Å². The van der Waals surface area contributed by atoms with Crippen LogP contribution in [0.15, 0.2) is 27.5 Å². The molecule has 2 aromatic rings. The quantitative estimate of drug-likeness (QED) is 0.886. The summed E-state index contributed by atoms with van der Waals surface area (Å²) >= 11 is 0. The molecule has 1 unspecified atom stereocenters. The molecule has 3 heterocycles. The molecule has 0 radical (unpaired) electrons. The molecule has 0 aromatic carbocycles. The predicted molar refractivity (Wildman–Crippen MR) is 97.2 cm³/mol. The van der Waals surface area contributed by atoms with Crippen molar-refractivity contribution in [2.24, 2.45) is 0 Å². The van der Waals surface area contributed by atoms with E-state index in [1.54, 1.807) is 11.0 Å². The third kappa shape index (κ3) is 4.96. The standard InChI is InChI=1S/C19H26N4O4/c1-13(2)17-21-18(27-22-17)14-4-3-9-23(10-6-16(24)20-8-5-14)19(25)15-7-11-26-12-15/h7,11-14H,3-6,8-10H2,1-2H3,(H,20,24). The Bertz CT molecular complexity index is 754. The van der Waals surface area contributed by atoms with Crippen molar-refractivity contribution < 1.29 is 18.5 Å². The van der Waals surface area contributed by atoms with Crippen LogP contribution in [0.5, 0.6) is 0 Å². The second-order valence-corrected chi connectivity index (χ2v) is 7.18. The molecule has 1 fully saturated rings. The van der Waals surface area contributed by atoms with Gasteiger partial charge in [-0.2, -0.15) is 4.98 Å². The maximum absolute atomic E-state index is 12.6. The van der Waals surface area contributed by atoms with E-state index in [2.05, 4.69) is 15.5 Å². The number of nitrogens with zero attached hydrogens (tertiary/aromatic N) is 3. The number of rotatable bonds is 3. The first-order valence-corrected chi connectivity index (χ1v) is 9.46. The van der Waals surface area contributed by atoms with Crippen molar-refractivity contribution in [2.75, 3.05) is 19.6 Å². The second kappa shape index (κ2) is 8.83. The second-order valence-electron chi connectivity index (χ2n) is 7.18. The van der Waals surface area contributed by atoms with E-state index in [4.69, 9.17) is 8.94 Å². The lowest BCUT2D eigenvalue weighted by Gasteiger charge is -2.22. The summed E-state index contributed by atoms with van der Waals surface area (Å²) in [6, 6.07) is 1.64. The van der Waals surface area contributed by atoms with Crippen LogP contribution in [0.4, 0.5) is 0 Å². The van der Waals surface area contributed by atoms with E-state index in [-0.39, 0.29) is 30.1 Å². The van der Waals surface area contributed by atoms with Crippen LogP contribution in [-0.2, 0) is 4.79 Å². The molecule has 1 atom stereocenters. The van der Waals surface area contributed by atoms with Crippen molar-refractivity contribution in [1.82, 2.24) is 20.4 Å². The van der Waals surface area contributed by atoms with Gasteiger partial charge in [0.2, 0.25) is 11.8 Å². The zero-order chi connectivity index (χ0) is 19.2. The summed E-state index contributed by atoms with van der Waals surface area (Å²) in [5.74, 6) is 1.39. The van der Waals surface area contributed by atoms with E-state index in [9.17, 15) is 9.59 Å². The highest BCUT2D eigenvalue weighted by atomic mass is 16.5. The van der Waals surface area contributed by atoms with Crippen LogP contribution in [0, 0.1) is 0 Å². The summed E-state index contributed by atoms with van der Waals surface area (Å²) in [5.41, 5.74) is 0.500. The summed E-state index contributed by atoms with van der Waals surface area (Å²) < 4.78 is 10.5. The molecular weight excluding hydrogens is 348 g/mol. The van der Waals surface area contributed by atoms with Crippen molar-refractivity contribution in [3.8, 4) is 0 Å². The Kier molecular flexibility index (Phi) is 6.26. The van der Waals surface area contributed by atoms with Gasteiger partial charge in [-0.3, -0.25) is 9.59 Å². The smallest absolute Gasteiger partial charge is 0.257 e. The number of carbonyl (C=O) groups excluding carboxylic acids is 2. The SMILES string of the molecule is CC(C)c1noc(C2CCCN(C(=O)c3ccoc3)CCC(=O)NCC2)n1. The molecular formula is C19H26N4O4. The lowest BCUT2D eigenvalue weighted by molar-refractivity contribution is -0.121. The molecule has 0 bridgehead atoms. The normalized spacial score (nSPS) is 19.6. The Morgan fingerprint density at radius 2 is 2.19 bits per heavy atom. The van der Waals surface area contributed by atoms with Crippen LogP contribution < -0.4 is 5.32 Å². The van der Waals surface area contributed by atoms with Crippen LogP contribution in [0.2, 0.25) is 0 Å². The van der Waals surface area contributed by atoms with Gasteiger partial charge in [0.05, 0.1) is 11.8 Å². The molecule has 0 aliphatic carbocycles. The average Bonchev–Trinajstić information content (AvgIpc) is 3.33. The Hall–Kier alpha value is -2.64. The van der Waals surface area contributed by atoms with Gasteiger partial charge in [-0.25, -0.2) is 0 Å². The van der Waals surface area contributed by atoms with Gasteiger partial charge in [-0.05, 0) is 25.3 Å². The first-order chi connectivity index (χ1) is 13.0. The third-order valence-electron chi connectivity index (χ3n) is 4.78. The first kappa shape index (κ1) is 19.1. The molecule has 1 aliphatic heterocycles. The van der Waals surface area contributed by atoms with E-state index >= 15 is 0 Å². The molecule has 0 saturated carbocycles. The van der Waals surface area contributed by atoms with E-state index in [1.165, 1.54) is 12.5 Å². The van der Waals surface area contributed by atoms with Crippen molar-refractivity contribution >= 4 is 11.8 Å². The number of aromatic nitrogens is 2. The fourth-order valence-corrected chi connectivity index (χ4v) is 3.16. The maximum atomic E-state index is 12.6. The topological polar surface area (TPSA) is 101 Å². The minimum Gasteiger partial charge on any atom is -0.472 e. The number of hydrogen-bond acceptors (Lipinski definition) is 6. The summed E-state index contributed by atoms with van der Waals surface area (Å²) in [7, 11) is 0. The van der Waals surface area contributed by atoms with Crippen molar-refractivity contribution in [3.05, 3.63) is 35.9 Å². The summed E-state index contributed by atoms with van der Waals surface area (Å²) in [6.45, 7) is 5.55. The molecule has 1 N–H and O–H groups in total. The van der Waals surface area contributed by atoms with Gasteiger partial charge < -0.3 is 19.2 Å². The molecule has 8 nitrogen and oxygen atoms in total. The first-order valence-electron chi connectivity index (χ1n) is 9.46. The Balaban J connectivity index is 1.70. The van der Waals surface area contributed by atoms with Crippen molar-refractivity contribution in [2.45, 2.75) is 51.4 Å². The van der Waals surface area contributed by atoms with Crippen LogP contribution >= 0.6 is 0 Å². The Morgan fingerprint density at radius 3 is 2.89 bits per heavy atom. The molecule has 8 heteroatoms. The Morgan fingerprint density at radius 1 is 1.33 bits per heavy atom. The molecule has 27 heavy (non-hydrogen) atoms. The molecule has 2 aromatic heterocycles. The highest BCUT2D eigenvalue weighted by Crippen LogP contribution is 2.25. The van der Waals surface area contributed by atoms with Gasteiger partial charge >= 0.3 is 0 Å². The zero-order valence-corrected chi connectivity index (χ0v) is 15.8. The summed E-state index contributed by atoms with van der Waals surface area (Å²) in [6.07, 6.45) is 5.53. The molecule has 3 rings (SSSR count). The zero-order valence-electron chi connectivity index (χ0n) is 15.8. The Labute approximate surface area is 158 Å². The predicted octanol–water partition coefficient (Wildman–Crippen LogP) is 2.70. The number of nitrogens with one attached hydrogen (secondary N) is 1. The van der Waals surface area contributed by atoms with Gasteiger partial charge in [0.25, 0.3) is 5.91 Å². The minimum atomic E-state index is -0.118. The maximum Gasteiger partial charge on any atom is 0.257 e. The summed E-state index contributed by atoms with van der Waals surface area (Å²) in [4.78, 5) is 30.9. The summed E-state index contributed by atoms with van der Waals surface area (Å²) in [5, 5.41) is 6.97. The van der Waals surface area contributed by atoms with Crippen LogP contribution in [-0.4, -0.2) is 46.5 Å². The number of amides is 2. The highest BCUT2D eigenvalue weighted by molar-refractivity contribution is 5.94. The fraction of sp³-hybridized carbons (Fsp3) is 0.579. The lowest BCUT2D eigenvalue weighted by atomic mass is 9.99. The molecule has 2 amide bonds. The fourth-order valence-electron chi connectivity index (χ4n) is 3.16. The van der Waals surface area contributed by atoms with Crippen molar-refractivity contribution in [1.29, 1.82) is 0 Å². The van der Waals surface area contributed by atoms with Gasteiger partial charge in [0.15, 0.2) is 5.82 Å². The van der Waals surface area contributed by atoms with E-state index in [0.717, 1.165) is 19.3 Å². The van der Waals surface area contributed by atoms with Crippen LogP contribution in [0.25, 0.3) is 0 Å². The largest absolute Gasteiger partial charge is 0.472 e. The highest BCUT2D eigenvalue weighted by Gasteiger charge is 2.23. The van der Waals surface area contributed by atoms with Crippen molar-refractivity contribution in [3.63, 3.8) is 0 Å². The monoisotopic (exact) mass is 374 g/mol. The van der Waals surface area contributed by atoms with Gasteiger partial charge in [0, 0.05) is 37.9 Å². The van der Waals surface area contributed by atoms with Gasteiger partial charge in [-0.15, -0.1) is 0 Å². The number of furan rings is 1. The number of carbonyl (C=O) groups is 2. The van der Waals surface area contributed by atoms with E-state index < -0.39 is 0 Å². The molecule has 0 spiro atoms.